The highest BCUT2D eigenvalue weighted by Gasteiger charge is 2.53. The molecule has 2 aromatic rings. The van der Waals surface area contributed by atoms with Gasteiger partial charge in [-0.1, -0.05) is 61.7 Å². The molecule has 1 N–H and O–H groups in total. The third-order valence-electron chi connectivity index (χ3n) is 7.36. The summed E-state index contributed by atoms with van der Waals surface area (Å²) in [6.07, 6.45) is -3.24. The molecule has 2 atom stereocenters. The van der Waals surface area contributed by atoms with E-state index in [-0.39, 0.29) is 59.2 Å². The molecule has 0 unspecified atom stereocenters. The Balaban J connectivity index is 1.62. The van der Waals surface area contributed by atoms with Crippen molar-refractivity contribution in [3.8, 4) is 0 Å². The van der Waals surface area contributed by atoms with Crippen molar-refractivity contribution in [2.24, 2.45) is 5.92 Å². The van der Waals surface area contributed by atoms with E-state index in [1.165, 1.54) is 28.6 Å². The molecule has 4 rings (SSSR count). The summed E-state index contributed by atoms with van der Waals surface area (Å²) < 4.78 is 67.8. The first kappa shape index (κ1) is 28.2. The minimum atomic E-state index is -4.50. The summed E-state index contributed by atoms with van der Waals surface area (Å²) in [6, 6.07) is 8.84. The van der Waals surface area contributed by atoms with Gasteiger partial charge in [0.2, 0.25) is 15.9 Å². The van der Waals surface area contributed by atoms with Gasteiger partial charge in [-0.3, -0.25) is 10.1 Å². The predicted molar refractivity (Wildman–Crippen MR) is 136 cm³/mol. The van der Waals surface area contributed by atoms with Gasteiger partial charge in [-0.15, -0.1) is 0 Å². The molecule has 2 heterocycles. The fraction of sp³-hybridized carbons (Fsp3) is 0.480. The Morgan fingerprint density at radius 1 is 1.14 bits per heavy atom. The first-order chi connectivity index (χ1) is 17.3. The van der Waals surface area contributed by atoms with Gasteiger partial charge in [-0.2, -0.15) is 17.5 Å². The fourth-order valence-electron chi connectivity index (χ4n) is 5.02. The smallest absolute Gasteiger partial charge is 0.319 e. The van der Waals surface area contributed by atoms with Crippen molar-refractivity contribution in [2.75, 3.05) is 13.1 Å². The zero-order valence-corrected chi connectivity index (χ0v) is 22.7. The highest BCUT2D eigenvalue weighted by atomic mass is 35.5. The lowest BCUT2D eigenvalue weighted by atomic mass is 9.96. The van der Waals surface area contributed by atoms with E-state index < -0.39 is 33.5 Å². The quantitative estimate of drug-likeness (QED) is 0.489. The minimum absolute atomic E-state index is 0.0112. The highest BCUT2D eigenvalue weighted by molar-refractivity contribution is 7.89. The number of nitrogens with zero attached hydrogens (tertiary/aromatic N) is 2. The summed E-state index contributed by atoms with van der Waals surface area (Å²) in [5, 5.41) is 3.51. The summed E-state index contributed by atoms with van der Waals surface area (Å²) in [7, 11) is -3.95. The standard InChI is InChI=1S/C25H28Cl2F3N3O3S/c1-3-16(2)22-23(34)33(15-17-6-4-7-18(14-17)25(28,29)30)24(31-22)10-12-32(13-11-24)37(35,36)20-9-5-8-19(26)21(20)27/h4-9,14,16,22,31H,3,10-13,15H2,1-2H3/t16-,22+/m1/s1. The Morgan fingerprint density at radius 2 is 1.78 bits per heavy atom. The van der Waals surface area contributed by atoms with Gasteiger partial charge >= 0.3 is 6.18 Å². The maximum Gasteiger partial charge on any atom is 0.416 e. The van der Waals surface area contributed by atoms with Crippen LogP contribution in [0.15, 0.2) is 47.4 Å². The minimum Gasteiger partial charge on any atom is -0.319 e. The van der Waals surface area contributed by atoms with Crippen LogP contribution in [0.4, 0.5) is 13.2 Å². The number of carbonyl (C=O) groups excluding carboxylic acids is 1. The monoisotopic (exact) mass is 577 g/mol. The molecule has 6 nitrogen and oxygen atoms in total. The van der Waals surface area contributed by atoms with Crippen LogP contribution < -0.4 is 5.32 Å². The third kappa shape index (κ3) is 5.36. The van der Waals surface area contributed by atoms with Crippen molar-refractivity contribution in [2.45, 2.75) is 62.4 Å². The van der Waals surface area contributed by atoms with Crippen LogP contribution in [-0.4, -0.2) is 48.3 Å². The van der Waals surface area contributed by atoms with Crippen LogP contribution in [0.1, 0.15) is 44.2 Å². The Labute approximate surface area is 224 Å². The Morgan fingerprint density at radius 3 is 2.41 bits per heavy atom. The van der Waals surface area contributed by atoms with Gasteiger partial charge in [0.1, 0.15) is 4.90 Å². The average molecular weight is 578 g/mol. The van der Waals surface area contributed by atoms with Gasteiger partial charge in [-0.05, 0) is 48.6 Å². The van der Waals surface area contributed by atoms with Crippen LogP contribution >= 0.6 is 23.2 Å². The summed E-state index contributed by atoms with van der Waals surface area (Å²) in [6.45, 7) is 4.08. The topological polar surface area (TPSA) is 69.7 Å². The largest absolute Gasteiger partial charge is 0.416 e. The van der Waals surface area contributed by atoms with Crippen LogP contribution in [0, 0.1) is 5.92 Å². The van der Waals surface area contributed by atoms with Crippen molar-refractivity contribution in [3.63, 3.8) is 0 Å². The molecule has 0 bridgehead atoms. The van der Waals surface area contributed by atoms with E-state index in [4.69, 9.17) is 23.2 Å². The van der Waals surface area contributed by atoms with E-state index in [1.807, 2.05) is 13.8 Å². The van der Waals surface area contributed by atoms with E-state index in [1.54, 1.807) is 11.0 Å². The van der Waals surface area contributed by atoms with E-state index in [9.17, 15) is 26.4 Å². The number of halogens is 5. The van der Waals surface area contributed by atoms with Crippen LogP contribution in [0.25, 0.3) is 0 Å². The van der Waals surface area contributed by atoms with Crippen molar-refractivity contribution < 1.29 is 26.4 Å². The second-order valence-corrected chi connectivity index (χ2v) is 12.3. The van der Waals surface area contributed by atoms with Gasteiger partial charge in [0, 0.05) is 19.6 Å². The molecular formula is C25H28Cl2F3N3O3S. The number of rotatable bonds is 6. The van der Waals surface area contributed by atoms with Crippen LogP contribution in [0.2, 0.25) is 10.0 Å². The predicted octanol–water partition coefficient (Wildman–Crippen LogP) is 5.54. The lowest BCUT2D eigenvalue weighted by molar-refractivity contribution is -0.137. The lowest BCUT2D eigenvalue weighted by Crippen LogP contribution is -2.59. The van der Waals surface area contributed by atoms with Gasteiger partial charge in [0.15, 0.2) is 0 Å². The van der Waals surface area contributed by atoms with Crippen molar-refractivity contribution in [3.05, 3.63) is 63.6 Å². The second-order valence-electron chi connectivity index (χ2n) is 9.62. The van der Waals surface area contributed by atoms with Gasteiger partial charge in [0.25, 0.3) is 0 Å². The average Bonchev–Trinajstić information content (AvgIpc) is 3.11. The molecule has 2 aliphatic heterocycles. The SMILES string of the molecule is CC[C@@H](C)[C@@H]1NC2(CCN(S(=O)(=O)c3cccc(Cl)c3Cl)CC2)N(Cc2cccc(C(F)(F)F)c2)C1=O. The number of hydrogen-bond acceptors (Lipinski definition) is 4. The fourth-order valence-corrected chi connectivity index (χ4v) is 7.20. The molecule has 2 fully saturated rings. The zero-order valence-electron chi connectivity index (χ0n) is 20.4. The first-order valence-electron chi connectivity index (χ1n) is 12.0. The van der Waals surface area contributed by atoms with Crippen molar-refractivity contribution in [1.29, 1.82) is 0 Å². The van der Waals surface area contributed by atoms with Crippen LogP contribution in [0.3, 0.4) is 0 Å². The Hall–Kier alpha value is -1.85. The van der Waals surface area contributed by atoms with E-state index >= 15 is 0 Å². The molecule has 0 aromatic heterocycles. The molecule has 2 aliphatic rings. The van der Waals surface area contributed by atoms with Crippen molar-refractivity contribution >= 4 is 39.1 Å². The number of hydrogen-bond donors (Lipinski definition) is 1. The third-order valence-corrected chi connectivity index (χ3v) is 10.2. The van der Waals surface area contributed by atoms with Gasteiger partial charge in [-0.25, -0.2) is 8.42 Å². The molecule has 1 amide bonds. The zero-order chi connectivity index (χ0) is 27.2. The second kappa shape index (κ2) is 10.4. The van der Waals surface area contributed by atoms with Crippen LogP contribution in [-0.2, 0) is 27.5 Å². The summed E-state index contributed by atoms with van der Waals surface area (Å²) in [4.78, 5) is 15.0. The molecule has 12 heteroatoms. The molecule has 0 aliphatic carbocycles. The molecule has 2 saturated heterocycles. The van der Waals surface area contributed by atoms with E-state index in [0.29, 0.717) is 5.56 Å². The van der Waals surface area contributed by atoms with E-state index in [0.717, 1.165) is 18.6 Å². The first-order valence-corrected chi connectivity index (χ1v) is 14.2. The molecule has 2 aromatic carbocycles. The number of amides is 1. The lowest BCUT2D eigenvalue weighted by Gasteiger charge is -2.44. The normalized spacial score (nSPS) is 21.5. The summed E-state index contributed by atoms with van der Waals surface area (Å²) in [5.74, 6) is -0.205. The Bertz CT molecular complexity index is 1280. The number of alkyl halides is 3. The molecule has 202 valence electrons. The summed E-state index contributed by atoms with van der Waals surface area (Å²) >= 11 is 12.2. The molecule has 0 radical (unpaired) electrons. The number of carbonyl (C=O) groups is 1. The summed E-state index contributed by atoms with van der Waals surface area (Å²) in [5.41, 5.74) is -1.31. The van der Waals surface area contributed by atoms with Gasteiger partial charge < -0.3 is 4.90 Å². The Kier molecular flexibility index (Phi) is 7.90. The number of nitrogens with one attached hydrogen (secondary N) is 1. The molecule has 1 spiro atoms. The highest BCUT2D eigenvalue weighted by Crippen LogP contribution is 2.39. The maximum absolute atomic E-state index is 13.5. The number of sulfonamides is 1. The molecular weight excluding hydrogens is 550 g/mol. The van der Waals surface area contributed by atoms with Crippen molar-refractivity contribution in [1.82, 2.24) is 14.5 Å². The number of benzene rings is 2. The maximum atomic E-state index is 13.5. The number of piperidine rings is 1. The van der Waals surface area contributed by atoms with Crippen LogP contribution in [0.5, 0.6) is 0 Å². The van der Waals surface area contributed by atoms with E-state index in [2.05, 4.69) is 5.32 Å². The molecule has 0 saturated carbocycles. The molecule has 37 heavy (non-hydrogen) atoms. The van der Waals surface area contributed by atoms with Gasteiger partial charge in [0.05, 0.1) is 27.3 Å².